The van der Waals surface area contributed by atoms with Gasteiger partial charge in [0.2, 0.25) is 5.90 Å². The minimum atomic E-state index is -0.245. The Morgan fingerprint density at radius 1 is 0.543 bits per heavy atom. The van der Waals surface area contributed by atoms with Gasteiger partial charge in [-0.15, -0.1) is 0 Å². The van der Waals surface area contributed by atoms with E-state index in [1.807, 2.05) is 146 Å². The number of carbonyl (C=O) groups excluding carboxylic acids is 1. The van der Waals surface area contributed by atoms with Crippen molar-refractivity contribution in [3.8, 4) is 0 Å². The molecule has 0 atom stereocenters. The smallest absolute Gasteiger partial charge is 0.256 e. The van der Waals surface area contributed by atoms with Gasteiger partial charge in [-0.3, -0.25) is 4.79 Å². The van der Waals surface area contributed by atoms with Crippen LogP contribution in [-0.2, 0) is 6.42 Å². The zero-order valence-corrected chi connectivity index (χ0v) is 25.0. The van der Waals surface area contributed by atoms with Gasteiger partial charge in [0.05, 0.1) is 28.2 Å². The highest BCUT2D eigenvalue weighted by Gasteiger charge is 2.22. The van der Waals surface area contributed by atoms with Crippen LogP contribution in [0.25, 0.3) is 21.5 Å². The number of aliphatic imine (C=N–C) groups is 1. The molecule has 0 radical (unpaired) electrons. The average molecular weight is 598 g/mol. The number of para-hydroxylation sites is 4. The molecule has 0 fully saturated rings. The van der Waals surface area contributed by atoms with Crippen molar-refractivity contribution in [3.05, 3.63) is 180 Å². The summed E-state index contributed by atoms with van der Waals surface area (Å²) in [7, 11) is 0. The summed E-state index contributed by atoms with van der Waals surface area (Å²) in [6, 6.07) is 50.9. The quantitative estimate of drug-likeness (QED) is 0.0927. The monoisotopic (exact) mass is 597 g/mol. The van der Waals surface area contributed by atoms with Crippen molar-refractivity contribution in [2.45, 2.75) is 6.42 Å². The van der Waals surface area contributed by atoms with Gasteiger partial charge in [-0.25, -0.2) is 4.99 Å². The highest BCUT2D eigenvalue weighted by molar-refractivity contribution is 6.28. The number of benzene rings is 7. The molecule has 0 saturated carbocycles. The number of nitrogens with zero attached hydrogens (tertiary/aromatic N) is 1. The van der Waals surface area contributed by atoms with Crippen LogP contribution in [0.15, 0.2) is 163 Å². The first-order chi connectivity index (χ1) is 22.7. The standard InChI is InChI=1S/C41H31N3O2/c45-40(43-35-24-12-7-17-29(35)27-28-15-3-1-4-16-28)38-31-20-8-10-22-33(31)39(34-23-11-9-21-32(34)38)41(46)44-37-26-14-13-25-36(37)42-30-18-5-2-6-19-30/h1-26,42H,27H2,(H,43,45)(H,44,46). The predicted octanol–water partition coefficient (Wildman–Crippen LogP) is 10.2. The Morgan fingerprint density at radius 2 is 1.04 bits per heavy atom. The summed E-state index contributed by atoms with van der Waals surface area (Å²) in [6.45, 7) is 0. The van der Waals surface area contributed by atoms with Gasteiger partial charge in [-0.05, 0) is 69.4 Å². The number of nitrogens with one attached hydrogen (secondary N) is 2. The topological polar surface area (TPSA) is 73.7 Å². The van der Waals surface area contributed by atoms with Crippen LogP contribution in [0.4, 0.5) is 22.7 Å². The van der Waals surface area contributed by atoms with Crippen LogP contribution in [0, 0.1) is 0 Å². The van der Waals surface area contributed by atoms with E-state index < -0.39 is 0 Å². The first kappa shape index (κ1) is 28.6. The molecule has 46 heavy (non-hydrogen) atoms. The number of carbonyl (C=O) groups is 1. The number of aliphatic hydroxyl groups excluding tert-OH is 1. The van der Waals surface area contributed by atoms with Crippen molar-refractivity contribution in [1.29, 1.82) is 0 Å². The lowest BCUT2D eigenvalue weighted by Gasteiger charge is -2.18. The van der Waals surface area contributed by atoms with Crippen LogP contribution >= 0.6 is 0 Å². The SMILES string of the molecule is O=C(Nc1ccccc1Nc1ccccc1)c1c2ccccc2c(C(O)=Nc2ccccc2Cc2ccccc2)c2ccccc12. The normalized spacial score (nSPS) is 11.4. The van der Waals surface area contributed by atoms with Gasteiger partial charge in [0, 0.05) is 5.69 Å². The van der Waals surface area contributed by atoms with Gasteiger partial charge in [-0.2, -0.15) is 0 Å². The van der Waals surface area contributed by atoms with Crippen molar-refractivity contribution in [2.75, 3.05) is 10.6 Å². The molecule has 0 saturated heterocycles. The summed E-state index contributed by atoms with van der Waals surface area (Å²) in [4.78, 5) is 19.0. The van der Waals surface area contributed by atoms with Crippen molar-refractivity contribution in [2.24, 2.45) is 4.99 Å². The van der Waals surface area contributed by atoms with E-state index in [2.05, 4.69) is 22.8 Å². The van der Waals surface area contributed by atoms with E-state index in [1.54, 1.807) is 0 Å². The van der Waals surface area contributed by atoms with Gasteiger partial charge < -0.3 is 15.7 Å². The molecule has 0 aliphatic rings. The van der Waals surface area contributed by atoms with Gasteiger partial charge in [0.15, 0.2) is 0 Å². The number of hydrogen-bond donors (Lipinski definition) is 3. The van der Waals surface area contributed by atoms with Crippen LogP contribution in [0.3, 0.4) is 0 Å². The molecule has 0 unspecified atom stereocenters. The zero-order valence-electron chi connectivity index (χ0n) is 25.0. The van der Waals surface area contributed by atoms with Crippen LogP contribution in [0.1, 0.15) is 27.0 Å². The molecule has 0 heterocycles. The molecule has 0 spiro atoms. The van der Waals surface area contributed by atoms with Gasteiger partial charge in [0.25, 0.3) is 5.91 Å². The van der Waals surface area contributed by atoms with Crippen LogP contribution < -0.4 is 10.6 Å². The van der Waals surface area contributed by atoms with Crippen molar-refractivity contribution < 1.29 is 9.90 Å². The summed E-state index contributed by atoms with van der Waals surface area (Å²) < 4.78 is 0. The molecule has 222 valence electrons. The predicted molar refractivity (Wildman–Crippen MR) is 190 cm³/mol. The van der Waals surface area contributed by atoms with Crippen LogP contribution in [-0.4, -0.2) is 16.9 Å². The summed E-state index contributed by atoms with van der Waals surface area (Å²) in [5.41, 5.74) is 6.35. The molecule has 1 amide bonds. The Morgan fingerprint density at radius 3 is 1.70 bits per heavy atom. The fourth-order valence-electron chi connectivity index (χ4n) is 5.93. The maximum Gasteiger partial charge on any atom is 0.256 e. The third-order valence-electron chi connectivity index (χ3n) is 8.07. The number of hydrogen-bond acceptors (Lipinski definition) is 3. The van der Waals surface area contributed by atoms with E-state index in [1.165, 1.54) is 0 Å². The van der Waals surface area contributed by atoms with Gasteiger partial charge >= 0.3 is 0 Å². The summed E-state index contributed by atoms with van der Waals surface area (Å²) in [5, 5.41) is 21.2. The molecular weight excluding hydrogens is 566 g/mol. The van der Waals surface area contributed by atoms with Crippen molar-refractivity contribution >= 4 is 56.1 Å². The first-order valence-corrected chi connectivity index (χ1v) is 15.2. The molecule has 0 aromatic heterocycles. The molecule has 3 N–H and O–H groups in total. The maximum atomic E-state index is 14.2. The second kappa shape index (κ2) is 12.8. The molecule has 0 aliphatic heterocycles. The first-order valence-electron chi connectivity index (χ1n) is 15.2. The Labute approximate surface area is 267 Å². The highest BCUT2D eigenvalue weighted by Crippen LogP contribution is 2.35. The fraction of sp³-hybridized carbons (Fsp3) is 0.0244. The molecule has 0 aliphatic carbocycles. The van der Waals surface area contributed by atoms with E-state index in [4.69, 9.17) is 4.99 Å². The summed E-state index contributed by atoms with van der Waals surface area (Å²) >= 11 is 0. The average Bonchev–Trinajstić information content (AvgIpc) is 3.09. The largest absolute Gasteiger partial charge is 0.493 e. The molecule has 7 aromatic rings. The summed E-state index contributed by atoms with van der Waals surface area (Å²) in [5.74, 6) is -0.344. The number of amides is 1. The summed E-state index contributed by atoms with van der Waals surface area (Å²) in [6.07, 6.45) is 0.689. The molecule has 7 rings (SSSR count). The third kappa shape index (κ3) is 5.82. The minimum absolute atomic E-state index is 0.0997. The molecule has 7 aromatic carbocycles. The van der Waals surface area contributed by atoms with Crippen LogP contribution in [0.5, 0.6) is 0 Å². The van der Waals surface area contributed by atoms with Crippen molar-refractivity contribution in [1.82, 2.24) is 0 Å². The number of aliphatic hydroxyl groups is 1. The third-order valence-corrected chi connectivity index (χ3v) is 8.07. The molecule has 5 heteroatoms. The van der Waals surface area contributed by atoms with Gasteiger partial charge in [-0.1, -0.05) is 127 Å². The molecular formula is C41H31N3O2. The minimum Gasteiger partial charge on any atom is -0.493 e. The molecule has 0 bridgehead atoms. The van der Waals surface area contributed by atoms with E-state index >= 15 is 0 Å². The number of rotatable bonds is 8. The number of anilines is 3. The van der Waals surface area contributed by atoms with Crippen molar-refractivity contribution in [3.63, 3.8) is 0 Å². The lowest BCUT2D eigenvalue weighted by molar-refractivity contribution is 0.103. The maximum absolute atomic E-state index is 14.2. The van der Waals surface area contributed by atoms with E-state index in [-0.39, 0.29) is 11.8 Å². The Bertz CT molecular complexity index is 2150. The van der Waals surface area contributed by atoms with Crippen LogP contribution in [0.2, 0.25) is 0 Å². The van der Waals surface area contributed by atoms with E-state index in [0.717, 1.165) is 44.0 Å². The van der Waals surface area contributed by atoms with E-state index in [9.17, 15) is 9.90 Å². The number of fused-ring (bicyclic) bond motifs is 2. The lowest BCUT2D eigenvalue weighted by Crippen LogP contribution is -2.15. The zero-order chi connectivity index (χ0) is 31.3. The fourth-order valence-corrected chi connectivity index (χ4v) is 5.93. The Hall–Kier alpha value is -6.20. The Kier molecular flexibility index (Phi) is 7.95. The van der Waals surface area contributed by atoms with Gasteiger partial charge in [0.1, 0.15) is 0 Å². The van der Waals surface area contributed by atoms with E-state index in [0.29, 0.717) is 28.9 Å². The lowest BCUT2D eigenvalue weighted by atomic mass is 9.91. The highest BCUT2D eigenvalue weighted by atomic mass is 16.3. The second-order valence-corrected chi connectivity index (χ2v) is 11.1. The Balaban J connectivity index is 1.32. The second-order valence-electron chi connectivity index (χ2n) is 11.1. The molecule has 5 nitrogen and oxygen atoms in total.